The lowest BCUT2D eigenvalue weighted by Gasteiger charge is -2.54. The maximum absolute atomic E-state index is 15.1. The SMILES string of the molecule is COc1ccc2c(c1)c(C(=O)O[C@H]1C(C)=C[C@]34C(=O)[C@@H](C=C5COC(C)(C)O[C@H]5[C@]13O)[C@H](C)C(C)(C)CC[C@H]4C)c(C)n2C. The molecule has 8 nitrogen and oxygen atoms in total. The summed E-state index contributed by atoms with van der Waals surface area (Å²) >= 11 is 0. The van der Waals surface area contributed by atoms with Gasteiger partial charge in [0.15, 0.2) is 23.3 Å². The lowest BCUT2D eigenvalue weighted by molar-refractivity contribution is -0.303. The number of aryl methyl sites for hydroxylation is 1. The van der Waals surface area contributed by atoms with E-state index in [-0.39, 0.29) is 29.6 Å². The standard InChI is InChI=1S/C36H47NO7/c1-19-17-35-20(2)13-14-33(5,6)21(3)25(29(35)38)15-23-18-42-34(7,8)44-31(23)36(35,40)30(19)43-32(39)28-22(4)37(9)27-12-11-24(41-10)16-26(27)28/h11-12,15-17,20-21,25,30-31,40H,13-14,18H2,1-10H3/t20-,21+,25+,30+,31-,35+,36-/m1/s1. The molecular weight excluding hydrogens is 558 g/mol. The number of allylic oxidation sites excluding steroid dienone is 1. The Labute approximate surface area is 260 Å². The molecule has 238 valence electrons. The second kappa shape index (κ2) is 10.0. The number of ether oxygens (including phenoxy) is 4. The zero-order valence-corrected chi connectivity index (χ0v) is 27.7. The van der Waals surface area contributed by atoms with Gasteiger partial charge in [0, 0.05) is 29.6 Å². The lowest BCUT2D eigenvalue weighted by Crippen LogP contribution is -2.68. The number of aliphatic hydroxyl groups is 1. The van der Waals surface area contributed by atoms with Gasteiger partial charge in [0.05, 0.1) is 24.7 Å². The molecule has 8 heteroatoms. The van der Waals surface area contributed by atoms with Crippen LogP contribution in [0.5, 0.6) is 5.75 Å². The third-order valence-electron chi connectivity index (χ3n) is 11.7. The Morgan fingerprint density at radius 1 is 1.14 bits per heavy atom. The van der Waals surface area contributed by atoms with Gasteiger partial charge in [-0.05, 0) is 87.1 Å². The number of fused-ring (bicyclic) bond motifs is 4. The second-order valence-electron chi connectivity index (χ2n) is 14.8. The highest BCUT2D eigenvalue weighted by Gasteiger charge is 2.73. The Morgan fingerprint density at radius 2 is 1.84 bits per heavy atom. The summed E-state index contributed by atoms with van der Waals surface area (Å²) < 4.78 is 26.5. The van der Waals surface area contributed by atoms with Crippen LogP contribution in [0.25, 0.3) is 10.9 Å². The fourth-order valence-electron chi connectivity index (χ4n) is 8.52. The van der Waals surface area contributed by atoms with Crippen LogP contribution >= 0.6 is 0 Å². The molecule has 1 aromatic heterocycles. The van der Waals surface area contributed by atoms with Crippen molar-refractivity contribution < 1.29 is 33.6 Å². The van der Waals surface area contributed by atoms with Gasteiger partial charge in [-0.3, -0.25) is 4.79 Å². The average Bonchev–Trinajstić information content (AvgIpc) is 3.33. The van der Waals surface area contributed by atoms with Gasteiger partial charge >= 0.3 is 5.97 Å². The van der Waals surface area contributed by atoms with Crippen molar-refractivity contribution in [2.75, 3.05) is 13.7 Å². The first kappa shape index (κ1) is 31.1. The first-order valence-electron chi connectivity index (χ1n) is 15.8. The van der Waals surface area contributed by atoms with Gasteiger partial charge in [0.1, 0.15) is 11.9 Å². The number of Topliss-reactive ketones (excluding diaryl/α,β-unsaturated/α-hetero) is 1. The van der Waals surface area contributed by atoms with E-state index >= 15 is 4.79 Å². The van der Waals surface area contributed by atoms with Crippen molar-refractivity contribution >= 4 is 22.7 Å². The molecule has 0 unspecified atom stereocenters. The van der Waals surface area contributed by atoms with Gasteiger partial charge in [-0.15, -0.1) is 0 Å². The smallest absolute Gasteiger partial charge is 0.341 e. The molecule has 1 saturated heterocycles. The number of hydrogen-bond acceptors (Lipinski definition) is 7. The molecule has 7 atom stereocenters. The van der Waals surface area contributed by atoms with Crippen LogP contribution in [0.15, 0.2) is 41.5 Å². The van der Waals surface area contributed by atoms with E-state index in [9.17, 15) is 9.90 Å². The molecule has 2 heterocycles. The molecule has 44 heavy (non-hydrogen) atoms. The molecule has 4 aliphatic rings. The van der Waals surface area contributed by atoms with E-state index in [1.165, 1.54) is 0 Å². The molecule has 1 aliphatic heterocycles. The van der Waals surface area contributed by atoms with Gasteiger partial charge in [-0.2, -0.15) is 0 Å². The van der Waals surface area contributed by atoms with Crippen LogP contribution in [0.2, 0.25) is 0 Å². The lowest BCUT2D eigenvalue weighted by atomic mass is 9.54. The number of rotatable bonds is 3. The Morgan fingerprint density at radius 3 is 2.52 bits per heavy atom. The fourth-order valence-corrected chi connectivity index (χ4v) is 8.52. The highest BCUT2D eigenvalue weighted by molar-refractivity contribution is 6.06. The summed E-state index contributed by atoms with van der Waals surface area (Å²) in [5.41, 5.74) is 0.0552. The van der Waals surface area contributed by atoms with Crippen molar-refractivity contribution in [1.29, 1.82) is 0 Å². The molecule has 1 saturated carbocycles. The van der Waals surface area contributed by atoms with Gasteiger partial charge in [-0.25, -0.2) is 4.79 Å². The Balaban J connectivity index is 1.53. The van der Waals surface area contributed by atoms with E-state index in [0.717, 1.165) is 29.6 Å². The van der Waals surface area contributed by atoms with Crippen LogP contribution in [0.1, 0.15) is 77.4 Å². The van der Waals surface area contributed by atoms with E-state index in [1.807, 2.05) is 69.7 Å². The Hall–Kier alpha value is -2.94. The van der Waals surface area contributed by atoms with Crippen LogP contribution in [0.3, 0.4) is 0 Å². The van der Waals surface area contributed by atoms with E-state index in [2.05, 4.69) is 27.7 Å². The number of aromatic nitrogens is 1. The van der Waals surface area contributed by atoms with E-state index in [0.29, 0.717) is 22.3 Å². The summed E-state index contributed by atoms with van der Waals surface area (Å²) in [4.78, 5) is 29.4. The number of esters is 1. The van der Waals surface area contributed by atoms with Gasteiger partial charge in [0.2, 0.25) is 0 Å². The van der Waals surface area contributed by atoms with Crippen LogP contribution in [-0.4, -0.2) is 58.7 Å². The molecule has 1 spiro atoms. The average molecular weight is 606 g/mol. The molecule has 2 aromatic rings. The second-order valence-corrected chi connectivity index (χ2v) is 14.8. The van der Waals surface area contributed by atoms with Crippen molar-refractivity contribution in [2.24, 2.45) is 35.6 Å². The zero-order chi connectivity index (χ0) is 32.1. The summed E-state index contributed by atoms with van der Waals surface area (Å²) in [5.74, 6) is -1.69. The summed E-state index contributed by atoms with van der Waals surface area (Å²) in [5, 5.41) is 14.1. The molecule has 1 N–H and O–H groups in total. The number of ketones is 1. The molecule has 0 amide bonds. The van der Waals surface area contributed by atoms with Gasteiger partial charge in [0.25, 0.3) is 0 Å². The summed E-state index contributed by atoms with van der Waals surface area (Å²) in [6, 6.07) is 5.60. The number of carbonyl (C=O) groups is 2. The molecule has 6 rings (SSSR count). The Bertz CT molecular complexity index is 1610. The van der Waals surface area contributed by atoms with E-state index in [1.54, 1.807) is 7.11 Å². The van der Waals surface area contributed by atoms with Crippen LogP contribution < -0.4 is 4.74 Å². The molecule has 2 bridgehead atoms. The summed E-state index contributed by atoms with van der Waals surface area (Å²) in [6.07, 6.45) is 3.49. The van der Waals surface area contributed by atoms with Crippen molar-refractivity contribution in [1.82, 2.24) is 4.57 Å². The number of hydrogen-bond donors (Lipinski definition) is 1. The first-order chi connectivity index (χ1) is 20.5. The molecule has 1 aromatic carbocycles. The molecule has 2 fully saturated rings. The zero-order valence-electron chi connectivity index (χ0n) is 27.7. The largest absolute Gasteiger partial charge is 0.497 e. The minimum atomic E-state index is -1.89. The van der Waals surface area contributed by atoms with E-state index < -0.39 is 40.9 Å². The monoisotopic (exact) mass is 605 g/mol. The quantitative estimate of drug-likeness (QED) is 0.335. The third-order valence-corrected chi connectivity index (χ3v) is 11.7. The number of nitrogens with zero attached hydrogens (tertiary/aromatic N) is 1. The van der Waals surface area contributed by atoms with Gasteiger partial charge in [-0.1, -0.05) is 39.8 Å². The number of carbonyl (C=O) groups excluding carboxylic acids is 2. The van der Waals surface area contributed by atoms with Crippen molar-refractivity contribution in [3.8, 4) is 5.75 Å². The number of benzene rings is 1. The highest BCUT2D eigenvalue weighted by atomic mass is 16.7. The molecule has 0 radical (unpaired) electrons. The van der Waals surface area contributed by atoms with Crippen LogP contribution in [0, 0.1) is 35.5 Å². The summed E-state index contributed by atoms with van der Waals surface area (Å²) in [7, 11) is 3.49. The highest BCUT2D eigenvalue weighted by Crippen LogP contribution is 2.62. The fraction of sp³-hybridized carbons (Fsp3) is 0.611. The normalized spacial score (nSPS) is 35.9. The van der Waals surface area contributed by atoms with E-state index in [4.69, 9.17) is 18.9 Å². The minimum absolute atomic E-state index is 0.00781. The minimum Gasteiger partial charge on any atom is -0.497 e. The molecule has 3 aliphatic carbocycles. The van der Waals surface area contributed by atoms with Crippen LogP contribution in [-0.2, 0) is 26.1 Å². The third kappa shape index (κ3) is 4.13. The number of methoxy groups -OCH3 is 1. The first-order valence-corrected chi connectivity index (χ1v) is 15.8. The van der Waals surface area contributed by atoms with Gasteiger partial charge < -0.3 is 28.6 Å². The molecular formula is C36H47NO7. The predicted octanol–water partition coefficient (Wildman–Crippen LogP) is 6.07. The predicted molar refractivity (Wildman–Crippen MR) is 167 cm³/mol. The van der Waals surface area contributed by atoms with Crippen molar-refractivity contribution in [3.05, 3.63) is 52.8 Å². The summed E-state index contributed by atoms with van der Waals surface area (Å²) in [6.45, 7) is 16.2. The maximum Gasteiger partial charge on any atom is 0.341 e. The Kier molecular flexibility index (Phi) is 7.08. The topological polar surface area (TPSA) is 96.2 Å². The van der Waals surface area contributed by atoms with Crippen LogP contribution in [0.4, 0.5) is 0 Å². The maximum atomic E-state index is 15.1. The van der Waals surface area contributed by atoms with Crippen molar-refractivity contribution in [2.45, 2.75) is 91.8 Å². The van der Waals surface area contributed by atoms with Crippen molar-refractivity contribution in [3.63, 3.8) is 0 Å².